The van der Waals surface area contributed by atoms with Gasteiger partial charge in [-0.05, 0) is 56.0 Å². The largest absolute Gasteiger partial charge is 0.310 e. The number of hydrogen-bond donors (Lipinski definition) is 1. The van der Waals surface area contributed by atoms with Crippen LogP contribution in [0, 0.1) is 6.92 Å². The van der Waals surface area contributed by atoms with Gasteiger partial charge in [-0.15, -0.1) is 0 Å². The number of aryl methyl sites for hydroxylation is 2. The first-order chi connectivity index (χ1) is 10.1. The molecule has 0 fully saturated rings. The van der Waals surface area contributed by atoms with Crippen LogP contribution < -0.4 is 5.32 Å². The molecule has 0 bridgehead atoms. The van der Waals surface area contributed by atoms with Gasteiger partial charge in [-0.2, -0.15) is 5.10 Å². The van der Waals surface area contributed by atoms with Crippen molar-refractivity contribution in [2.45, 2.75) is 46.2 Å². The van der Waals surface area contributed by atoms with E-state index in [-0.39, 0.29) is 0 Å². The van der Waals surface area contributed by atoms with Crippen molar-refractivity contribution in [3.8, 4) is 0 Å². The first-order valence-electron chi connectivity index (χ1n) is 7.64. The summed E-state index contributed by atoms with van der Waals surface area (Å²) in [5, 5.41) is 8.02. The van der Waals surface area contributed by atoms with Gasteiger partial charge in [0.25, 0.3) is 0 Å². The molecule has 0 aliphatic heterocycles. The molecule has 114 valence electrons. The molecule has 0 amide bonds. The Balaban J connectivity index is 2.18. The van der Waals surface area contributed by atoms with E-state index in [0.29, 0.717) is 6.04 Å². The quantitative estimate of drug-likeness (QED) is 0.809. The van der Waals surface area contributed by atoms with E-state index in [1.54, 1.807) is 0 Å². The van der Waals surface area contributed by atoms with Crippen molar-refractivity contribution in [2.24, 2.45) is 0 Å². The topological polar surface area (TPSA) is 29.9 Å². The molecule has 21 heavy (non-hydrogen) atoms. The summed E-state index contributed by atoms with van der Waals surface area (Å²) in [4.78, 5) is 0. The third-order valence-corrected chi connectivity index (χ3v) is 4.54. The average molecular weight is 350 g/mol. The third kappa shape index (κ3) is 4.42. The van der Waals surface area contributed by atoms with Crippen LogP contribution in [-0.2, 0) is 13.0 Å². The monoisotopic (exact) mass is 349 g/mol. The second-order valence-electron chi connectivity index (χ2n) is 5.42. The molecule has 1 aromatic carbocycles. The molecular formula is C17H24BrN3. The number of rotatable bonds is 7. The zero-order valence-corrected chi connectivity index (χ0v) is 14.7. The zero-order valence-electron chi connectivity index (χ0n) is 13.1. The van der Waals surface area contributed by atoms with Gasteiger partial charge in [0, 0.05) is 23.3 Å². The summed E-state index contributed by atoms with van der Waals surface area (Å²) in [7, 11) is 0. The molecule has 3 nitrogen and oxygen atoms in total. The van der Waals surface area contributed by atoms with Gasteiger partial charge in [0.1, 0.15) is 0 Å². The van der Waals surface area contributed by atoms with Crippen molar-refractivity contribution < 1.29 is 0 Å². The van der Waals surface area contributed by atoms with Crippen LogP contribution in [-0.4, -0.2) is 16.3 Å². The fourth-order valence-corrected chi connectivity index (χ4v) is 2.77. The summed E-state index contributed by atoms with van der Waals surface area (Å²) in [5.74, 6) is 0. The van der Waals surface area contributed by atoms with Crippen molar-refractivity contribution >= 4 is 15.9 Å². The minimum Gasteiger partial charge on any atom is -0.310 e. The predicted molar refractivity (Wildman–Crippen MR) is 91.5 cm³/mol. The second-order valence-corrected chi connectivity index (χ2v) is 6.28. The second kappa shape index (κ2) is 7.76. The lowest BCUT2D eigenvalue weighted by molar-refractivity contribution is 0.528. The van der Waals surface area contributed by atoms with Gasteiger partial charge in [0.15, 0.2) is 0 Å². The summed E-state index contributed by atoms with van der Waals surface area (Å²) < 4.78 is 3.16. The minimum atomic E-state index is 0.330. The maximum atomic E-state index is 4.37. The van der Waals surface area contributed by atoms with Gasteiger partial charge in [0.2, 0.25) is 0 Å². The van der Waals surface area contributed by atoms with Crippen LogP contribution >= 0.6 is 15.9 Å². The maximum absolute atomic E-state index is 4.37. The summed E-state index contributed by atoms with van der Waals surface area (Å²) in [6.45, 7) is 8.37. The van der Waals surface area contributed by atoms with Crippen LogP contribution in [0.3, 0.4) is 0 Å². The normalized spacial score (nSPS) is 12.6. The highest BCUT2D eigenvalue weighted by Gasteiger charge is 2.13. The molecule has 4 heteroatoms. The van der Waals surface area contributed by atoms with E-state index in [4.69, 9.17) is 0 Å². The summed E-state index contributed by atoms with van der Waals surface area (Å²) in [6.07, 6.45) is 6.23. The summed E-state index contributed by atoms with van der Waals surface area (Å²) in [5.41, 5.74) is 3.87. The van der Waals surface area contributed by atoms with Gasteiger partial charge >= 0.3 is 0 Å². The summed E-state index contributed by atoms with van der Waals surface area (Å²) in [6, 6.07) is 6.96. The third-order valence-electron chi connectivity index (χ3n) is 3.69. The Bertz CT molecular complexity index is 577. The Labute approximate surface area is 135 Å². The van der Waals surface area contributed by atoms with Gasteiger partial charge in [0.05, 0.1) is 6.20 Å². The molecule has 0 saturated carbocycles. The van der Waals surface area contributed by atoms with E-state index in [0.717, 1.165) is 25.9 Å². The van der Waals surface area contributed by atoms with Crippen molar-refractivity contribution in [1.82, 2.24) is 15.1 Å². The van der Waals surface area contributed by atoms with Crippen molar-refractivity contribution in [1.29, 1.82) is 0 Å². The molecule has 1 aromatic heterocycles. The standard InChI is InChI=1S/C17H24BrN3/c1-4-8-19-17(9-14-11-20-21(5-2)12-14)15-7-6-13(3)16(18)10-15/h6-7,10-12,17,19H,4-5,8-9H2,1-3H3. The molecule has 2 aromatic rings. The maximum Gasteiger partial charge on any atom is 0.0522 e. The molecule has 0 aliphatic carbocycles. The SMILES string of the molecule is CCCNC(Cc1cnn(CC)c1)c1ccc(C)c(Br)c1. The molecule has 0 saturated heterocycles. The predicted octanol–water partition coefficient (Wildman–Crippen LogP) is 4.26. The Morgan fingerprint density at radius 3 is 2.76 bits per heavy atom. The highest BCUT2D eigenvalue weighted by molar-refractivity contribution is 9.10. The molecule has 1 N–H and O–H groups in total. The summed E-state index contributed by atoms with van der Waals surface area (Å²) >= 11 is 3.64. The number of aromatic nitrogens is 2. The van der Waals surface area contributed by atoms with Crippen molar-refractivity contribution in [3.63, 3.8) is 0 Å². The van der Waals surface area contributed by atoms with Gasteiger partial charge in [-0.3, -0.25) is 4.68 Å². The average Bonchev–Trinajstić information content (AvgIpc) is 2.94. The molecular weight excluding hydrogens is 326 g/mol. The molecule has 1 heterocycles. The van der Waals surface area contributed by atoms with Gasteiger partial charge in [-0.25, -0.2) is 0 Å². The molecule has 2 rings (SSSR count). The Kier molecular flexibility index (Phi) is 6.00. The van der Waals surface area contributed by atoms with Crippen LogP contribution in [0.25, 0.3) is 0 Å². The number of nitrogens with zero attached hydrogens (tertiary/aromatic N) is 2. The van der Waals surface area contributed by atoms with Gasteiger partial charge in [-0.1, -0.05) is 35.0 Å². The number of nitrogens with one attached hydrogen (secondary N) is 1. The first kappa shape index (κ1) is 16.2. The van der Waals surface area contributed by atoms with Crippen molar-refractivity contribution in [2.75, 3.05) is 6.54 Å². The smallest absolute Gasteiger partial charge is 0.0522 e. The van der Waals surface area contributed by atoms with Crippen LogP contribution in [0.1, 0.15) is 43.0 Å². The Morgan fingerprint density at radius 1 is 1.33 bits per heavy atom. The first-order valence-corrected chi connectivity index (χ1v) is 8.44. The van der Waals surface area contributed by atoms with Gasteiger partial charge < -0.3 is 5.32 Å². The molecule has 0 aliphatic rings. The highest BCUT2D eigenvalue weighted by atomic mass is 79.9. The lowest BCUT2D eigenvalue weighted by atomic mass is 9.99. The van der Waals surface area contributed by atoms with Crippen LogP contribution in [0.15, 0.2) is 35.1 Å². The zero-order chi connectivity index (χ0) is 15.2. The van der Waals surface area contributed by atoms with Crippen LogP contribution in [0.2, 0.25) is 0 Å². The highest BCUT2D eigenvalue weighted by Crippen LogP contribution is 2.24. The molecule has 0 radical (unpaired) electrons. The lowest BCUT2D eigenvalue weighted by Gasteiger charge is -2.19. The fourth-order valence-electron chi connectivity index (χ4n) is 2.37. The van der Waals surface area contributed by atoms with Crippen LogP contribution in [0.5, 0.6) is 0 Å². The minimum absolute atomic E-state index is 0.330. The Hall–Kier alpha value is -1.13. The number of hydrogen-bond acceptors (Lipinski definition) is 2. The van der Waals surface area contributed by atoms with E-state index >= 15 is 0 Å². The van der Waals surface area contributed by atoms with E-state index in [9.17, 15) is 0 Å². The van der Waals surface area contributed by atoms with E-state index in [2.05, 4.69) is 71.5 Å². The van der Waals surface area contributed by atoms with E-state index in [1.807, 2.05) is 10.9 Å². The number of benzene rings is 1. The molecule has 1 atom stereocenters. The lowest BCUT2D eigenvalue weighted by Crippen LogP contribution is -2.24. The van der Waals surface area contributed by atoms with E-state index < -0.39 is 0 Å². The van der Waals surface area contributed by atoms with E-state index in [1.165, 1.54) is 21.2 Å². The number of halogens is 1. The van der Waals surface area contributed by atoms with Crippen molar-refractivity contribution in [3.05, 3.63) is 51.8 Å². The Morgan fingerprint density at radius 2 is 2.14 bits per heavy atom. The molecule has 0 spiro atoms. The fraction of sp³-hybridized carbons (Fsp3) is 0.471. The molecule has 1 unspecified atom stereocenters. The van der Waals surface area contributed by atoms with Crippen LogP contribution in [0.4, 0.5) is 0 Å².